The molecule has 6 heteroatoms. The van der Waals surface area contributed by atoms with Crippen molar-refractivity contribution in [3.05, 3.63) is 170 Å². The lowest BCUT2D eigenvalue weighted by Crippen LogP contribution is -2.09. The predicted octanol–water partition coefficient (Wildman–Crippen LogP) is 15.3. The Morgan fingerprint density at radius 3 is 1.93 bits per heavy atom. The highest BCUT2D eigenvalue weighted by Crippen LogP contribution is 2.44. The topological polar surface area (TPSA) is 42.4 Å². The first-order chi connectivity index (χ1) is 27.2. The molecule has 12 aromatic rings. The standard InChI is InChI=1S/C49H28N2O2S2/c1-2-8-30(9-3-1)49-50-48-45(55-49)25-24-41-47(48)39-21-16-31(26-42(39)53-41)29-14-17-32(18-15-29)51(33-19-22-36-35-10-4-6-12-40(35)52-43(36)27-33)34-20-23-38-37-11-5-7-13-44(37)54-46(38)28-34/h1-28H. The Bertz CT molecular complexity index is 3330. The zero-order chi connectivity index (χ0) is 36.0. The summed E-state index contributed by atoms with van der Waals surface area (Å²) in [5.74, 6) is 0. The van der Waals surface area contributed by atoms with E-state index in [2.05, 4.69) is 157 Å². The average molecular weight is 741 g/mol. The molecule has 0 saturated heterocycles. The van der Waals surface area contributed by atoms with E-state index in [0.717, 1.165) is 92.9 Å². The van der Waals surface area contributed by atoms with Gasteiger partial charge in [-0.05, 0) is 83.9 Å². The maximum Gasteiger partial charge on any atom is 0.137 e. The molecule has 4 heterocycles. The minimum Gasteiger partial charge on any atom is -0.456 e. The number of para-hydroxylation sites is 1. The van der Waals surface area contributed by atoms with E-state index in [4.69, 9.17) is 13.8 Å². The van der Waals surface area contributed by atoms with Crippen molar-refractivity contribution in [1.29, 1.82) is 0 Å². The Balaban J connectivity index is 0.956. The minimum atomic E-state index is 0.854. The number of nitrogens with zero attached hydrogens (tertiary/aromatic N) is 2. The fourth-order valence-electron chi connectivity index (χ4n) is 8.09. The summed E-state index contributed by atoms with van der Waals surface area (Å²) in [4.78, 5) is 7.42. The van der Waals surface area contributed by atoms with Gasteiger partial charge in [-0.1, -0.05) is 91.0 Å². The lowest BCUT2D eigenvalue weighted by Gasteiger charge is -2.26. The number of benzene rings is 8. The summed E-state index contributed by atoms with van der Waals surface area (Å²) < 4.78 is 16.6. The zero-order valence-electron chi connectivity index (χ0n) is 29.2. The van der Waals surface area contributed by atoms with Crippen molar-refractivity contribution in [1.82, 2.24) is 4.98 Å². The molecular formula is C49H28N2O2S2. The first kappa shape index (κ1) is 30.7. The van der Waals surface area contributed by atoms with E-state index in [1.807, 2.05) is 29.5 Å². The summed E-state index contributed by atoms with van der Waals surface area (Å²) >= 11 is 3.55. The van der Waals surface area contributed by atoms with Gasteiger partial charge in [0.2, 0.25) is 0 Å². The minimum absolute atomic E-state index is 0.854. The Labute approximate surface area is 322 Å². The Hall–Kier alpha value is -6.73. The van der Waals surface area contributed by atoms with E-state index in [1.54, 1.807) is 11.3 Å². The Kier molecular flexibility index (Phi) is 6.64. The molecule has 8 aromatic carbocycles. The highest BCUT2D eigenvalue weighted by molar-refractivity contribution is 7.25. The van der Waals surface area contributed by atoms with Gasteiger partial charge in [0.25, 0.3) is 0 Å². The van der Waals surface area contributed by atoms with Crippen LogP contribution < -0.4 is 4.90 Å². The third kappa shape index (κ3) is 4.85. The van der Waals surface area contributed by atoms with Gasteiger partial charge in [-0.2, -0.15) is 0 Å². The molecule has 0 spiro atoms. The molecule has 0 radical (unpaired) electrons. The number of rotatable bonds is 5. The molecule has 0 unspecified atom stereocenters. The highest BCUT2D eigenvalue weighted by Gasteiger charge is 2.19. The highest BCUT2D eigenvalue weighted by atomic mass is 32.1. The second kappa shape index (κ2) is 11.9. The van der Waals surface area contributed by atoms with E-state index in [9.17, 15) is 0 Å². The van der Waals surface area contributed by atoms with Crippen LogP contribution in [0.15, 0.2) is 179 Å². The van der Waals surface area contributed by atoms with Crippen molar-refractivity contribution in [3.63, 3.8) is 0 Å². The monoisotopic (exact) mass is 740 g/mol. The van der Waals surface area contributed by atoms with Crippen LogP contribution in [-0.4, -0.2) is 4.98 Å². The van der Waals surface area contributed by atoms with Crippen LogP contribution in [-0.2, 0) is 0 Å². The number of hydrogen-bond acceptors (Lipinski definition) is 6. The molecule has 258 valence electrons. The van der Waals surface area contributed by atoms with E-state index in [-0.39, 0.29) is 0 Å². The van der Waals surface area contributed by atoms with Crippen LogP contribution in [0.5, 0.6) is 0 Å². The number of thiazole rings is 1. The first-order valence-corrected chi connectivity index (χ1v) is 19.9. The van der Waals surface area contributed by atoms with Crippen molar-refractivity contribution in [2.45, 2.75) is 0 Å². The number of fused-ring (bicyclic) bond motifs is 11. The summed E-state index contributed by atoms with van der Waals surface area (Å²) in [5.41, 5.74) is 11.0. The largest absolute Gasteiger partial charge is 0.456 e. The second-order valence-electron chi connectivity index (χ2n) is 13.9. The molecule has 0 atom stereocenters. The van der Waals surface area contributed by atoms with Gasteiger partial charge < -0.3 is 13.7 Å². The van der Waals surface area contributed by atoms with Gasteiger partial charge in [0.15, 0.2) is 0 Å². The van der Waals surface area contributed by atoms with Crippen LogP contribution in [0.1, 0.15) is 0 Å². The third-order valence-electron chi connectivity index (χ3n) is 10.7. The zero-order valence-corrected chi connectivity index (χ0v) is 30.8. The Morgan fingerprint density at radius 2 is 1.04 bits per heavy atom. The third-order valence-corrected chi connectivity index (χ3v) is 12.9. The molecule has 12 rings (SSSR count). The molecular weight excluding hydrogens is 713 g/mol. The van der Waals surface area contributed by atoms with Crippen molar-refractivity contribution >= 4 is 114 Å². The molecule has 0 bridgehead atoms. The van der Waals surface area contributed by atoms with Crippen LogP contribution in [0.4, 0.5) is 17.1 Å². The second-order valence-corrected chi connectivity index (χ2v) is 16.0. The van der Waals surface area contributed by atoms with Gasteiger partial charge in [-0.15, -0.1) is 22.7 Å². The summed E-state index contributed by atoms with van der Waals surface area (Å²) in [5, 5.41) is 7.98. The maximum absolute atomic E-state index is 6.48. The summed E-state index contributed by atoms with van der Waals surface area (Å²) in [6.45, 7) is 0. The molecule has 0 fully saturated rings. The fourth-order valence-corrected chi connectivity index (χ4v) is 10.2. The van der Waals surface area contributed by atoms with Crippen molar-refractivity contribution in [2.75, 3.05) is 4.90 Å². The number of thiophene rings is 1. The van der Waals surface area contributed by atoms with Crippen LogP contribution in [0.25, 0.3) is 96.0 Å². The van der Waals surface area contributed by atoms with Crippen LogP contribution >= 0.6 is 22.7 Å². The summed E-state index contributed by atoms with van der Waals surface area (Å²) in [6.07, 6.45) is 0. The van der Waals surface area contributed by atoms with Gasteiger partial charge >= 0.3 is 0 Å². The summed E-state index contributed by atoms with van der Waals surface area (Å²) in [7, 11) is 0. The molecule has 0 aliphatic rings. The van der Waals surface area contributed by atoms with Gasteiger partial charge in [0.1, 0.15) is 27.3 Å². The predicted molar refractivity (Wildman–Crippen MR) is 233 cm³/mol. The molecule has 0 aliphatic carbocycles. The van der Waals surface area contributed by atoms with Crippen LogP contribution in [0, 0.1) is 0 Å². The molecule has 0 aliphatic heterocycles. The number of hydrogen-bond donors (Lipinski definition) is 0. The number of anilines is 3. The molecule has 0 N–H and O–H groups in total. The molecule has 0 saturated carbocycles. The van der Waals surface area contributed by atoms with Crippen LogP contribution in [0.2, 0.25) is 0 Å². The van der Waals surface area contributed by atoms with Crippen LogP contribution in [0.3, 0.4) is 0 Å². The lowest BCUT2D eigenvalue weighted by atomic mass is 10.0. The number of furan rings is 2. The Morgan fingerprint density at radius 1 is 0.382 bits per heavy atom. The van der Waals surface area contributed by atoms with Crippen molar-refractivity contribution in [2.24, 2.45) is 0 Å². The average Bonchev–Trinajstić information content (AvgIpc) is 4.02. The lowest BCUT2D eigenvalue weighted by molar-refractivity contribution is 0.668. The van der Waals surface area contributed by atoms with Gasteiger partial charge in [-0.3, -0.25) is 0 Å². The first-order valence-electron chi connectivity index (χ1n) is 18.3. The van der Waals surface area contributed by atoms with E-state index in [1.165, 1.54) is 20.2 Å². The SMILES string of the molecule is c1ccc(-c2nc3c(ccc4oc5cc(-c6ccc(N(c7ccc8c(c7)oc7ccccc78)c7ccc8c(c7)sc7ccccc78)cc6)ccc5c43)s2)cc1. The molecule has 0 amide bonds. The van der Waals surface area contributed by atoms with E-state index in [0.29, 0.717) is 0 Å². The normalized spacial score (nSPS) is 12.0. The van der Waals surface area contributed by atoms with Gasteiger partial charge in [-0.25, -0.2) is 4.98 Å². The van der Waals surface area contributed by atoms with Gasteiger partial charge in [0.05, 0.1) is 15.6 Å². The fraction of sp³-hybridized carbons (Fsp3) is 0. The number of aromatic nitrogens is 1. The smallest absolute Gasteiger partial charge is 0.137 e. The summed E-state index contributed by atoms with van der Waals surface area (Å²) in [6, 6.07) is 60.2. The molecule has 4 nitrogen and oxygen atoms in total. The van der Waals surface area contributed by atoms with Crippen molar-refractivity contribution < 1.29 is 8.83 Å². The van der Waals surface area contributed by atoms with Crippen molar-refractivity contribution in [3.8, 4) is 21.7 Å². The van der Waals surface area contributed by atoms with E-state index >= 15 is 0 Å². The quantitative estimate of drug-likeness (QED) is 0.176. The molecule has 55 heavy (non-hydrogen) atoms. The molecule has 4 aromatic heterocycles. The maximum atomic E-state index is 6.48. The van der Waals surface area contributed by atoms with Gasteiger partial charge in [0, 0.05) is 65.0 Å². The van der Waals surface area contributed by atoms with E-state index < -0.39 is 0 Å².